The molecule has 0 aromatic heterocycles. The van der Waals surface area contributed by atoms with Crippen molar-refractivity contribution >= 4 is 8.60 Å². The summed E-state index contributed by atoms with van der Waals surface area (Å²) in [6.45, 7) is 45.1. The molecular formula is C44H73O3P. The molecule has 3 aromatic carbocycles. The smallest absolute Gasteiger partial charge is 0.324 e. The van der Waals surface area contributed by atoms with Gasteiger partial charge in [-0.05, 0) is 87.1 Å². The summed E-state index contributed by atoms with van der Waals surface area (Å²) in [4.78, 5) is 21.7. The standard InChI is InChI=1S/2C15H24.C14H22.H3O3P/c2*1-11-8-12(14(2,3)4)10-13(9-11)15(5,6)7;1-10(2)12-7-11(3)8-13(9-12)14(4,5)6;1-4(2)3/h2*8-10H,1-7H3;7-10H,1-6H3;1-3H. The van der Waals surface area contributed by atoms with Crippen LogP contribution in [0.3, 0.4) is 0 Å². The maximum atomic E-state index is 7.23. The number of rotatable bonds is 1. The molecule has 3 rings (SSSR count). The van der Waals surface area contributed by atoms with Gasteiger partial charge in [0.15, 0.2) is 0 Å². The molecule has 0 spiro atoms. The molecule has 0 unspecified atom stereocenters. The second kappa shape index (κ2) is 17.8. The summed E-state index contributed by atoms with van der Waals surface area (Å²) < 4.78 is 0. The van der Waals surface area contributed by atoms with Crippen LogP contribution in [0.5, 0.6) is 0 Å². The lowest BCUT2D eigenvalue weighted by Crippen LogP contribution is -2.16. The summed E-state index contributed by atoms with van der Waals surface area (Å²) >= 11 is 0. The second-order valence-electron chi connectivity index (χ2n) is 19.0. The minimum absolute atomic E-state index is 0.242. The average Bonchev–Trinajstić information content (AvgIpc) is 2.85. The number of benzene rings is 3. The maximum Gasteiger partial charge on any atom is 0.324 e. The highest BCUT2D eigenvalue weighted by molar-refractivity contribution is 7.38. The molecule has 0 atom stereocenters. The number of hydrogen-bond acceptors (Lipinski definition) is 3. The molecule has 0 heterocycles. The van der Waals surface area contributed by atoms with Gasteiger partial charge in [0.05, 0.1) is 0 Å². The SMILES string of the molecule is Cc1cc(C(C)(C)C)cc(C(C)(C)C)c1.Cc1cc(C(C)(C)C)cc(C(C)(C)C)c1.Cc1cc(C(C)C)cc(C(C)(C)C)c1.OP(O)O. The van der Waals surface area contributed by atoms with Crippen LogP contribution < -0.4 is 0 Å². The molecule has 0 saturated carbocycles. The van der Waals surface area contributed by atoms with Crippen molar-refractivity contribution in [3.05, 3.63) is 105 Å². The van der Waals surface area contributed by atoms with Crippen LogP contribution in [0.2, 0.25) is 0 Å². The Balaban J connectivity index is 0.000000653. The fraction of sp³-hybridized carbons (Fsp3) is 0.591. The summed E-state index contributed by atoms with van der Waals surface area (Å²) in [5.41, 5.74) is 14.0. The average molecular weight is 681 g/mol. The molecule has 3 aromatic rings. The van der Waals surface area contributed by atoms with Gasteiger partial charge >= 0.3 is 8.60 Å². The molecule has 0 amide bonds. The zero-order valence-electron chi connectivity index (χ0n) is 34.6. The Kier molecular flexibility index (Phi) is 17.0. The maximum absolute atomic E-state index is 7.23. The molecular weight excluding hydrogens is 607 g/mol. The van der Waals surface area contributed by atoms with Crippen LogP contribution in [-0.2, 0) is 27.1 Å². The molecule has 0 bridgehead atoms. The van der Waals surface area contributed by atoms with Crippen LogP contribution in [0.25, 0.3) is 0 Å². The molecule has 3 nitrogen and oxygen atoms in total. The third-order valence-electron chi connectivity index (χ3n) is 8.25. The van der Waals surface area contributed by atoms with Crippen LogP contribution >= 0.6 is 8.60 Å². The fourth-order valence-corrected chi connectivity index (χ4v) is 4.88. The normalized spacial score (nSPS) is 12.4. The summed E-state index contributed by atoms with van der Waals surface area (Å²) in [6.07, 6.45) is 0. The second-order valence-corrected chi connectivity index (χ2v) is 19.5. The lowest BCUT2D eigenvalue weighted by Gasteiger charge is -2.25. The van der Waals surface area contributed by atoms with Gasteiger partial charge < -0.3 is 14.7 Å². The van der Waals surface area contributed by atoms with Crippen molar-refractivity contribution in [3.63, 3.8) is 0 Å². The van der Waals surface area contributed by atoms with E-state index in [0.29, 0.717) is 5.92 Å². The van der Waals surface area contributed by atoms with Gasteiger partial charge in [0, 0.05) is 0 Å². The van der Waals surface area contributed by atoms with Gasteiger partial charge in [-0.25, -0.2) is 0 Å². The van der Waals surface area contributed by atoms with Gasteiger partial charge in [-0.15, -0.1) is 0 Å². The molecule has 0 fully saturated rings. The van der Waals surface area contributed by atoms with Crippen molar-refractivity contribution in [3.8, 4) is 0 Å². The minimum atomic E-state index is -2.62. The van der Waals surface area contributed by atoms with E-state index in [9.17, 15) is 0 Å². The van der Waals surface area contributed by atoms with E-state index >= 15 is 0 Å². The van der Waals surface area contributed by atoms with Crippen molar-refractivity contribution in [2.24, 2.45) is 0 Å². The molecule has 0 radical (unpaired) electrons. The Labute approximate surface area is 298 Å². The predicted molar refractivity (Wildman–Crippen MR) is 215 cm³/mol. The molecule has 0 aliphatic heterocycles. The Morgan fingerprint density at radius 2 is 0.562 bits per heavy atom. The van der Waals surface area contributed by atoms with E-state index in [1.165, 1.54) is 50.1 Å². The van der Waals surface area contributed by atoms with Gasteiger partial charge in [0.1, 0.15) is 0 Å². The molecule has 272 valence electrons. The van der Waals surface area contributed by atoms with E-state index in [1.54, 1.807) is 0 Å². The van der Waals surface area contributed by atoms with Gasteiger partial charge in [-0.2, -0.15) is 0 Å². The van der Waals surface area contributed by atoms with Gasteiger partial charge in [-0.3, -0.25) is 0 Å². The first kappa shape index (κ1) is 46.0. The minimum Gasteiger partial charge on any atom is -0.328 e. The van der Waals surface area contributed by atoms with Crippen LogP contribution in [0.1, 0.15) is 174 Å². The van der Waals surface area contributed by atoms with Gasteiger partial charge in [0.25, 0.3) is 0 Å². The van der Waals surface area contributed by atoms with Crippen molar-refractivity contribution in [2.45, 2.75) is 171 Å². The molecule has 4 heteroatoms. The van der Waals surface area contributed by atoms with E-state index in [1.807, 2.05) is 0 Å². The van der Waals surface area contributed by atoms with Crippen LogP contribution in [0, 0.1) is 20.8 Å². The lowest BCUT2D eigenvalue weighted by molar-refractivity contribution is 0.368. The van der Waals surface area contributed by atoms with E-state index in [-0.39, 0.29) is 27.1 Å². The van der Waals surface area contributed by atoms with E-state index < -0.39 is 8.60 Å². The first-order valence-corrected chi connectivity index (χ1v) is 18.7. The molecule has 48 heavy (non-hydrogen) atoms. The monoisotopic (exact) mass is 681 g/mol. The number of aryl methyl sites for hydroxylation is 3. The first-order chi connectivity index (χ1) is 21.2. The third-order valence-corrected chi connectivity index (χ3v) is 8.25. The van der Waals surface area contributed by atoms with Crippen LogP contribution in [0.15, 0.2) is 54.6 Å². The lowest BCUT2D eigenvalue weighted by atomic mass is 9.80. The summed E-state index contributed by atoms with van der Waals surface area (Å²) in [5, 5.41) is 0. The van der Waals surface area contributed by atoms with E-state index in [0.717, 1.165) is 0 Å². The highest BCUT2D eigenvalue weighted by atomic mass is 31.2. The predicted octanol–water partition coefficient (Wildman–Crippen LogP) is 12.8. The zero-order valence-corrected chi connectivity index (χ0v) is 35.5. The Morgan fingerprint density at radius 1 is 0.375 bits per heavy atom. The van der Waals surface area contributed by atoms with Crippen LogP contribution in [-0.4, -0.2) is 14.7 Å². The zero-order chi connectivity index (χ0) is 38.2. The summed E-state index contributed by atoms with van der Waals surface area (Å²) in [7, 11) is -2.62. The molecule has 3 N–H and O–H groups in total. The largest absolute Gasteiger partial charge is 0.328 e. The Morgan fingerprint density at radius 3 is 0.750 bits per heavy atom. The van der Waals surface area contributed by atoms with Crippen molar-refractivity contribution in [1.29, 1.82) is 0 Å². The van der Waals surface area contributed by atoms with Crippen molar-refractivity contribution in [2.75, 3.05) is 0 Å². The van der Waals surface area contributed by atoms with Gasteiger partial charge in [0.2, 0.25) is 0 Å². The van der Waals surface area contributed by atoms with E-state index in [4.69, 9.17) is 14.7 Å². The highest BCUT2D eigenvalue weighted by Gasteiger charge is 2.21. The Hall–Kier alpha value is -2.03. The quantitative estimate of drug-likeness (QED) is 0.224. The van der Waals surface area contributed by atoms with Crippen molar-refractivity contribution < 1.29 is 14.7 Å². The van der Waals surface area contributed by atoms with Gasteiger partial charge in [-0.1, -0.05) is 189 Å². The first-order valence-electron chi connectivity index (χ1n) is 17.5. The molecule has 0 aliphatic carbocycles. The third kappa shape index (κ3) is 17.6. The number of hydrogen-bond donors (Lipinski definition) is 3. The Bertz CT molecular complexity index is 1270. The fourth-order valence-electron chi connectivity index (χ4n) is 4.88. The summed E-state index contributed by atoms with van der Waals surface area (Å²) in [6, 6.07) is 20.8. The van der Waals surface area contributed by atoms with Crippen molar-refractivity contribution in [1.82, 2.24) is 0 Å². The topological polar surface area (TPSA) is 60.7 Å². The van der Waals surface area contributed by atoms with E-state index in [2.05, 4.69) is 193 Å². The molecule has 0 aliphatic rings. The highest BCUT2D eigenvalue weighted by Crippen LogP contribution is 2.31. The summed E-state index contributed by atoms with van der Waals surface area (Å²) in [5.74, 6) is 0.621. The molecule has 0 saturated heterocycles. The van der Waals surface area contributed by atoms with Crippen LogP contribution in [0.4, 0.5) is 0 Å².